The van der Waals surface area contributed by atoms with Gasteiger partial charge in [-0.05, 0) is 0 Å². The van der Waals surface area contributed by atoms with Crippen molar-refractivity contribution in [2.24, 2.45) is 0 Å². The lowest BCUT2D eigenvalue weighted by Crippen LogP contribution is -2.38. The van der Waals surface area contributed by atoms with Crippen molar-refractivity contribution in [2.45, 2.75) is 38.3 Å². The van der Waals surface area contributed by atoms with Crippen LogP contribution in [0.15, 0.2) is 0 Å². The number of aliphatic hydroxyl groups excluding tert-OH is 2. The number of hydrogen-bond donors (Lipinski definition) is 2. The van der Waals surface area contributed by atoms with Crippen LogP contribution in [0.1, 0.15) is 19.8 Å². The molecule has 1 fully saturated rings. The van der Waals surface area contributed by atoms with Crippen molar-refractivity contribution < 1.29 is 24.5 Å². The van der Waals surface area contributed by atoms with E-state index in [-0.39, 0.29) is 13.0 Å². The Balaban J connectivity index is 2.28. The van der Waals surface area contributed by atoms with Gasteiger partial charge in [0.15, 0.2) is 6.29 Å². The highest BCUT2D eigenvalue weighted by Crippen LogP contribution is 2.18. The smallest absolute Gasteiger partial charge is 0.302 e. The van der Waals surface area contributed by atoms with Gasteiger partial charge in [-0.1, -0.05) is 0 Å². The summed E-state index contributed by atoms with van der Waals surface area (Å²) in [5, 5.41) is 18.3. The van der Waals surface area contributed by atoms with Crippen molar-refractivity contribution in [3.8, 4) is 0 Å². The van der Waals surface area contributed by atoms with E-state index in [9.17, 15) is 9.90 Å². The summed E-state index contributed by atoms with van der Waals surface area (Å²) in [6.07, 6.45) is -1.32. The molecular formula is C8H14O5. The molecule has 0 aliphatic carbocycles. The van der Waals surface area contributed by atoms with Gasteiger partial charge in [-0.25, -0.2) is 0 Å². The molecule has 0 amide bonds. The quantitative estimate of drug-likeness (QED) is 0.569. The Morgan fingerprint density at radius 2 is 2.23 bits per heavy atom. The average molecular weight is 190 g/mol. The Labute approximate surface area is 76.3 Å². The highest BCUT2D eigenvalue weighted by atomic mass is 16.6. The molecular weight excluding hydrogens is 176 g/mol. The second kappa shape index (κ2) is 4.55. The van der Waals surface area contributed by atoms with Gasteiger partial charge in [0.25, 0.3) is 0 Å². The molecule has 5 nitrogen and oxygen atoms in total. The Bertz CT molecular complexity index is 171. The van der Waals surface area contributed by atoms with Gasteiger partial charge in [0, 0.05) is 19.8 Å². The van der Waals surface area contributed by atoms with Gasteiger partial charge in [-0.2, -0.15) is 0 Å². The van der Waals surface area contributed by atoms with Crippen LogP contribution < -0.4 is 0 Å². The molecule has 2 N–H and O–H groups in total. The average Bonchev–Trinajstić information content (AvgIpc) is 1.99. The molecule has 76 valence electrons. The standard InChI is InChI=1S/C8H14O5/c1-5(9)12-4-7-2-6(10)3-8(11)13-7/h6-8,10-11H,2-4H2,1H3/t6-,7+,8-/m1/s1. The molecule has 0 aromatic carbocycles. The molecule has 0 aromatic heterocycles. The van der Waals surface area contributed by atoms with Gasteiger partial charge in [0.1, 0.15) is 6.61 Å². The Hall–Kier alpha value is -0.650. The Kier molecular flexibility index (Phi) is 3.65. The topological polar surface area (TPSA) is 76.0 Å². The molecule has 1 aliphatic rings. The van der Waals surface area contributed by atoms with Crippen LogP contribution in [-0.2, 0) is 14.3 Å². The SMILES string of the molecule is CC(=O)OC[C@@H]1C[C@@H](O)C[C@H](O)O1. The zero-order valence-electron chi connectivity index (χ0n) is 7.47. The number of carbonyl (C=O) groups excluding carboxylic acids is 1. The van der Waals surface area contributed by atoms with Gasteiger partial charge in [-0.3, -0.25) is 4.79 Å². The fourth-order valence-corrected chi connectivity index (χ4v) is 1.28. The minimum absolute atomic E-state index is 0.0868. The summed E-state index contributed by atoms with van der Waals surface area (Å²) >= 11 is 0. The third-order valence-electron chi connectivity index (χ3n) is 1.83. The summed E-state index contributed by atoms with van der Waals surface area (Å²) in [5.41, 5.74) is 0. The number of aliphatic hydroxyl groups is 2. The van der Waals surface area contributed by atoms with E-state index in [1.165, 1.54) is 6.92 Å². The van der Waals surface area contributed by atoms with Crippen LogP contribution in [0.5, 0.6) is 0 Å². The van der Waals surface area contributed by atoms with E-state index in [1.807, 2.05) is 0 Å². The van der Waals surface area contributed by atoms with Gasteiger partial charge < -0.3 is 19.7 Å². The molecule has 0 saturated carbocycles. The molecule has 1 rings (SSSR count). The van der Waals surface area contributed by atoms with Crippen molar-refractivity contribution in [1.82, 2.24) is 0 Å². The third-order valence-corrected chi connectivity index (χ3v) is 1.83. The zero-order valence-corrected chi connectivity index (χ0v) is 7.47. The second-order valence-corrected chi connectivity index (χ2v) is 3.14. The fraction of sp³-hybridized carbons (Fsp3) is 0.875. The number of ether oxygens (including phenoxy) is 2. The van der Waals surface area contributed by atoms with Gasteiger partial charge >= 0.3 is 5.97 Å². The van der Waals surface area contributed by atoms with E-state index in [1.54, 1.807) is 0 Å². The number of carbonyl (C=O) groups is 1. The van der Waals surface area contributed by atoms with E-state index >= 15 is 0 Å². The largest absolute Gasteiger partial charge is 0.463 e. The second-order valence-electron chi connectivity index (χ2n) is 3.14. The number of rotatable bonds is 2. The lowest BCUT2D eigenvalue weighted by atomic mass is 10.1. The monoisotopic (exact) mass is 190 g/mol. The molecule has 13 heavy (non-hydrogen) atoms. The molecule has 0 spiro atoms. The highest BCUT2D eigenvalue weighted by Gasteiger charge is 2.27. The van der Waals surface area contributed by atoms with Crippen LogP contribution >= 0.6 is 0 Å². The maximum absolute atomic E-state index is 10.4. The molecule has 1 aliphatic heterocycles. The third kappa shape index (κ3) is 3.71. The normalized spacial score (nSPS) is 34.2. The van der Waals surface area contributed by atoms with Crippen LogP contribution in [0.25, 0.3) is 0 Å². The molecule has 0 unspecified atom stereocenters. The fourth-order valence-electron chi connectivity index (χ4n) is 1.28. The van der Waals surface area contributed by atoms with Crippen molar-refractivity contribution in [2.75, 3.05) is 6.61 Å². The summed E-state index contributed by atoms with van der Waals surface area (Å²) in [6, 6.07) is 0. The summed E-state index contributed by atoms with van der Waals surface area (Å²) in [4.78, 5) is 10.4. The zero-order chi connectivity index (χ0) is 9.84. The maximum atomic E-state index is 10.4. The molecule has 0 radical (unpaired) electrons. The molecule has 5 heteroatoms. The van der Waals surface area contributed by atoms with Crippen LogP contribution in [0, 0.1) is 0 Å². The lowest BCUT2D eigenvalue weighted by Gasteiger charge is -2.29. The molecule has 0 aromatic rings. The first-order valence-corrected chi connectivity index (χ1v) is 4.23. The van der Waals surface area contributed by atoms with Crippen LogP contribution in [-0.4, -0.2) is 41.3 Å². The van der Waals surface area contributed by atoms with Crippen molar-refractivity contribution in [3.63, 3.8) is 0 Å². The molecule has 1 saturated heterocycles. The van der Waals surface area contributed by atoms with E-state index in [4.69, 9.17) is 14.6 Å². The highest BCUT2D eigenvalue weighted by molar-refractivity contribution is 5.65. The number of hydrogen-bond acceptors (Lipinski definition) is 5. The van der Waals surface area contributed by atoms with Crippen LogP contribution in [0.4, 0.5) is 0 Å². The van der Waals surface area contributed by atoms with E-state index in [0.29, 0.717) is 6.42 Å². The van der Waals surface area contributed by atoms with Crippen molar-refractivity contribution in [1.29, 1.82) is 0 Å². The molecule has 0 bridgehead atoms. The predicted octanol–water partition coefficient (Wildman–Crippen LogP) is -0.592. The first-order chi connectivity index (χ1) is 6.08. The summed E-state index contributed by atoms with van der Waals surface area (Å²) in [7, 11) is 0. The summed E-state index contributed by atoms with van der Waals surface area (Å²) in [5.74, 6) is -0.391. The number of esters is 1. The first kappa shape index (κ1) is 10.4. The molecule has 3 atom stereocenters. The van der Waals surface area contributed by atoms with E-state index in [0.717, 1.165) is 0 Å². The van der Waals surface area contributed by atoms with Crippen molar-refractivity contribution >= 4 is 5.97 Å². The summed E-state index contributed by atoms with van der Waals surface area (Å²) in [6.45, 7) is 1.39. The van der Waals surface area contributed by atoms with Gasteiger partial charge in [0.2, 0.25) is 0 Å². The maximum Gasteiger partial charge on any atom is 0.302 e. The van der Waals surface area contributed by atoms with E-state index in [2.05, 4.69) is 0 Å². The predicted molar refractivity (Wildman–Crippen MR) is 42.8 cm³/mol. The first-order valence-electron chi connectivity index (χ1n) is 4.23. The van der Waals surface area contributed by atoms with Crippen LogP contribution in [0.2, 0.25) is 0 Å². The minimum Gasteiger partial charge on any atom is -0.463 e. The van der Waals surface area contributed by atoms with E-state index < -0.39 is 24.5 Å². The van der Waals surface area contributed by atoms with Crippen molar-refractivity contribution in [3.05, 3.63) is 0 Å². The molecule has 1 heterocycles. The van der Waals surface area contributed by atoms with Gasteiger partial charge in [0.05, 0.1) is 12.2 Å². The lowest BCUT2D eigenvalue weighted by molar-refractivity contribution is -0.202. The summed E-state index contributed by atoms with van der Waals surface area (Å²) < 4.78 is 9.72. The van der Waals surface area contributed by atoms with Gasteiger partial charge in [-0.15, -0.1) is 0 Å². The Morgan fingerprint density at radius 1 is 1.54 bits per heavy atom. The Morgan fingerprint density at radius 3 is 2.77 bits per heavy atom. The van der Waals surface area contributed by atoms with Crippen LogP contribution in [0.3, 0.4) is 0 Å². The minimum atomic E-state index is -0.954.